The first-order valence-corrected chi connectivity index (χ1v) is 8.20. The van der Waals surface area contributed by atoms with Gasteiger partial charge in [-0.25, -0.2) is 19.3 Å². The number of hydrogen-bond acceptors (Lipinski definition) is 6. The van der Waals surface area contributed by atoms with Gasteiger partial charge in [-0.3, -0.25) is 13.9 Å². The Labute approximate surface area is 154 Å². The normalized spacial score (nSPS) is 10.8. The standard InChI is InChI=1S/C18H19N5O4/c1-11-7-12(2)23(20-11)15-6-5-13(9-19-15)17(25)27-10-14-8-16(24)22(4)18(26)21(14)3/h5-9H,10H2,1-4H3. The van der Waals surface area contributed by atoms with Crippen LogP contribution < -0.4 is 11.2 Å². The molecule has 3 heterocycles. The lowest BCUT2D eigenvalue weighted by Gasteiger charge is -2.10. The van der Waals surface area contributed by atoms with Crippen molar-refractivity contribution in [2.75, 3.05) is 0 Å². The van der Waals surface area contributed by atoms with Crippen LogP contribution in [0, 0.1) is 13.8 Å². The van der Waals surface area contributed by atoms with E-state index >= 15 is 0 Å². The molecule has 0 spiro atoms. The van der Waals surface area contributed by atoms with Crippen molar-refractivity contribution in [1.82, 2.24) is 23.9 Å². The van der Waals surface area contributed by atoms with Gasteiger partial charge in [-0.2, -0.15) is 5.10 Å². The van der Waals surface area contributed by atoms with Crippen LogP contribution in [0.1, 0.15) is 27.4 Å². The number of aryl methyl sites for hydroxylation is 2. The maximum Gasteiger partial charge on any atom is 0.340 e. The quantitative estimate of drug-likeness (QED) is 0.626. The largest absolute Gasteiger partial charge is 0.456 e. The van der Waals surface area contributed by atoms with Crippen LogP contribution in [-0.4, -0.2) is 29.9 Å². The average Bonchev–Trinajstić information content (AvgIpc) is 3.00. The molecule has 0 unspecified atom stereocenters. The molecule has 0 aliphatic carbocycles. The van der Waals surface area contributed by atoms with Crippen molar-refractivity contribution >= 4 is 5.97 Å². The Morgan fingerprint density at radius 1 is 1.11 bits per heavy atom. The van der Waals surface area contributed by atoms with E-state index in [1.54, 1.807) is 16.8 Å². The number of hydrogen-bond donors (Lipinski definition) is 0. The molecular weight excluding hydrogens is 350 g/mol. The molecule has 9 nitrogen and oxygen atoms in total. The predicted molar refractivity (Wildman–Crippen MR) is 96.9 cm³/mol. The molecule has 0 aliphatic rings. The van der Waals surface area contributed by atoms with Gasteiger partial charge in [0, 0.05) is 32.1 Å². The number of ether oxygens (including phenoxy) is 1. The number of pyridine rings is 1. The highest BCUT2D eigenvalue weighted by Crippen LogP contribution is 2.11. The Kier molecular flexibility index (Phi) is 4.76. The number of carbonyl (C=O) groups excluding carboxylic acids is 1. The Balaban J connectivity index is 1.75. The molecule has 0 aromatic carbocycles. The van der Waals surface area contributed by atoms with E-state index < -0.39 is 17.2 Å². The lowest BCUT2D eigenvalue weighted by molar-refractivity contribution is 0.0462. The lowest BCUT2D eigenvalue weighted by Crippen LogP contribution is -2.38. The first-order valence-electron chi connectivity index (χ1n) is 8.20. The van der Waals surface area contributed by atoms with Gasteiger partial charge in [-0.15, -0.1) is 0 Å². The van der Waals surface area contributed by atoms with Gasteiger partial charge in [0.15, 0.2) is 5.82 Å². The maximum atomic E-state index is 12.2. The number of aromatic nitrogens is 5. The Morgan fingerprint density at radius 2 is 1.85 bits per heavy atom. The second-order valence-corrected chi connectivity index (χ2v) is 6.19. The summed E-state index contributed by atoms with van der Waals surface area (Å²) in [6, 6.07) is 6.45. The fourth-order valence-electron chi connectivity index (χ4n) is 2.63. The molecule has 140 valence electrons. The van der Waals surface area contributed by atoms with Crippen molar-refractivity contribution in [3.05, 3.63) is 73.9 Å². The molecule has 9 heteroatoms. The second-order valence-electron chi connectivity index (χ2n) is 6.19. The van der Waals surface area contributed by atoms with E-state index in [0.29, 0.717) is 11.5 Å². The minimum atomic E-state index is -0.601. The van der Waals surface area contributed by atoms with Crippen LogP contribution in [0.25, 0.3) is 5.82 Å². The Bertz CT molecular complexity index is 1120. The highest BCUT2D eigenvalue weighted by Gasteiger charge is 2.12. The van der Waals surface area contributed by atoms with E-state index in [0.717, 1.165) is 16.0 Å². The van der Waals surface area contributed by atoms with Crippen LogP contribution >= 0.6 is 0 Å². The number of rotatable bonds is 4. The molecule has 27 heavy (non-hydrogen) atoms. The number of esters is 1. The van der Waals surface area contributed by atoms with Crippen LogP contribution in [0.15, 0.2) is 40.1 Å². The summed E-state index contributed by atoms with van der Waals surface area (Å²) < 4.78 is 9.13. The topological polar surface area (TPSA) is 101 Å². The first-order chi connectivity index (χ1) is 12.8. The molecule has 0 amide bonds. The van der Waals surface area contributed by atoms with Crippen molar-refractivity contribution in [3.8, 4) is 5.82 Å². The molecule has 0 radical (unpaired) electrons. The lowest BCUT2D eigenvalue weighted by atomic mass is 10.3. The highest BCUT2D eigenvalue weighted by molar-refractivity contribution is 5.89. The fraction of sp³-hybridized carbons (Fsp3) is 0.278. The summed E-state index contributed by atoms with van der Waals surface area (Å²) in [4.78, 5) is 40.1. The summed E-state index contributed by atoms with van der Waals surface area (Å²) in [7, 11) is 2.90. The van der Waals surface area contributed by atoms with Gasteiger partial charge in [0.05, 0.1) is 17.0 Å². The van der Waals surface area contributed by atoms with E-state index in [1.165, 1.54) is 30.9 Å². The second kappa shape index (κ2) is 7.02. The molecule has 0 bridgehead atoms. The van der Waals surface area contributed by atoms with Crippen LogP contribution in [0.5, 0.6) is 0 Å². The summed E-state index contributed by atoms with van der Waals surface area (Å²) in [5, 5.41) is 4.34. The number of carbonyl (C=O) groups is 1. The summed E-state index contributed by atoms with van der Waals surface area (Å²) in [6.07, 6.45) is 1.40. The van der Waals surface area contributed by atoms with Crippen molar-refractivity contribution in [2.24, 2.45) is 14.1 Å². The monoisotopic (exact) mass is 369 g/mol. The molecule has 0 saturated carbocycles. The van der Waals surface area contributed by atoms with Gasteiger partial charge in [0.25, 0.3) is 5.56 Å². The Hall–Kier alpha value is -3.49. The van der Waals surface area contributed by atoms with Crippen LogP contribution in [0.3, 0.4) is 0 Å². The molecule has 3 aromatic rings. The smallest absolute Gasteiger partial charge is 0.340 e. The van der Waals surface area contributed by atoms with Gasteiger partial charge < -0.3 is 4.74 Å². The van der Waals surface area contributed by atoms with Gasteiger partial charge in [0.2, 0.25) is 0 Å². The van der Waals surface area contributed by atoms with E-state index in [2.05, 4.69) is 10.1 Å². The minimum absolute atomic E-state index is 0.195. The zero-order valence-corrected chi connectivity index (χ0v) is 15.5. The summed E-state index contributed by atoms with van der Waals surface area (Å²) in [5.74, 6) is -0.0124. The molecule has 0 atom stereocenters. The first kappa shape index (κ1) is 18.3. The van der Waals surface area contributed by atoms with Crippen molar-refractivity contribution in [3.63, 3.8) is 0 Å². The molecule has 0 saturated heterocycles. The summed E-state index contributed by atoms with van der Waals surface area (Å²) >= 11 is 0. The third-order valence-electron chi connectivity index (χ3n) is 4.19. The maximum absolute atomic E-state index is 12.2. The number of nitrogens with zero attached hydrogens (tertiary/aromatic N) is 5. The van der Waals surface area contributed by atoms with Crippen molar-refractivity contribution in [1.29, 1.82) is 0 Å². The van der Waals surface area contributed by atoms with Gasteiger partial charge >= 0.3 is 11.7 Å². The summed E-state index contributed by atoms with van der Waals surface area (Å²) in [6.45, 7) is 3.61. The van der Waals surface area contributed by atoms with E-state index in [1.807, 2.05) is 19.9 Å². The third-order valence-corrected chi connectivity index (χ3v) is 4.19. The van der Waals surface area contributed by atoms with E-state index in [9.17, 15) is 14.4 Å². The zero-order valence-electron chi connectivity index (χ0n) is 15.5. The van der Waals surface area contributed by atoms with E-state index in [-0.39, 0.29) is 12.2 Å². The summed E-state index contributed by atoms with van der Waals surface area (Å²) in [5.41, 5.74) is 1.43. The van der Waals surface area contributed by atoms with Crippen LogP contribution in [0.4, 0.5) is 0 Å². The molecule has 3 aromatic heterocycles. The zero-order chi connectivity index (χ0) is 19.7. The Morgan fingerprint density at radius 3 is 2.44 bits per heavy atom. The van der Waals surface area contributed by atoms with Gasteiger partial charge in [0.1, 0.15) is 6.61 Å². The SMILES string of the molecule is Cc1cc(C)n(-c2ccc(C(=O)OCc3cc(=O)n(C)c(=O)n3C)cn2)n1. The molecule has 0 fully saturated rings. The highest BCUT2D eigenvalue weighted by atomic mass is 16.5. The van der Waals surface area contributed by atoms with Crippen molar-refractivity contribution in [2.45, 2.75) is 20.5 Å². The van der Waals surface area contributed by atoms with Crippen molar-refractivity contribution < 1.29 is 9.53 Å². The van der Waals surface area contributed by atoms with Gasteiger partial charge in [-0.05, 0) is 32.0 Å². The predicted octanol–water partition coefficient (Wildman–Crippen LogP) is 0.639. The van der Waals surface area contributed by atoms with Crippen LogP contribution in [-0.2, 0) is 25.4 Å². The molecule has 3 rings (SSSR count). The fourth-order valence-corrected chi connectivity index (χ4v) is 2.63. The molecule has 0 N–H and O–H groups in total. The third kappa shape index (κ3) is 3.57. The van der Waals surface area contributed by atoms with Gasteiger partial charge in [-0.1, -0.05) is 0 Å². The minimum Gasteiger partial charge on any atom is -0.456 e. The molecular formula is C18H19N5O4. The van der Waals surface area contributed by atoms with E-state index in [4.69, 9.17) is 4.74 Å². The average molecular weight is 369 g/mol. The van der Waals surface area contributed by atoms with Crippen LogP contribution in [0.2, 0.25) is 0 Å². The molecule has 0 aliphatic heterocycles.